The van der Waals surface area contributed by atoms with E-state index in [1.807, 2.05) is 26.0 Å². The minimum Gasteiger partial charge on any atom is -0.160 e. The van der Waals surface area contributed by atoms with Crippen LogP contribution >= 0.6 is 11.8 Å². The number of hydrogen-bond acceptors (Lipinski definition) is 1. The summed E-state index contributed by atoms with van der Waals surface area (Å²) in [6.07, 6.45) is 4.60. The molecule has 19 heavy (non-hydrogen) atoms. The molecule has 0 N–H and O–H groups in total. The van der Waals surface area contributed by atoms with Crippen molar-refractivity contribution in [3.63, 3.8) is 0 Å². The van der Waals surface area contributed by atoms with E-state index < -0.39 is 5.51 Å². The fraction of sp³-hybridized carbons (Fsp3) is 0.600. The minimum absolute atomic E-state index is 0.0287. The van der Waals surface area contributed by atoms with E-state index in [0.717, 1.165) is 24.0 Å². The molecule has 0 heterocycles. The molecule has 1 aromatic carbocycles. The first kappa shape index (κ1) is 14.8. The maximum Gasteiger partial charge on any atom is 0.446 e. The normalized spacial score (nSPS) is 17.4. The first-order valence-electron chi connectivity index (χ1n) is 6.76. The zero-order valence-corrected chi connectivity index (χ0v) is 12.1. The van der Waals surface area contributed by atoms with E-state index in [2.05, 4.69) is 0 Å². The van der Waals surface area contributed by atoms with Gasteiger partial charge >= 0.3 is 5.51 Å². The summed E-state index contributed by atoms with van der Waals surface area (Å²) in [5.74, 6) is 0.566. The van der Waals surface area contributed by atoms with E-state index >= 15 is 0 Å². The Morgan fingerprint density at radius 1 is 1.16 bits per heavy atom. The Morgan fingerprint density at radius 3 is 2.32 bits per heavy atom. The summed E-state index contributed by atoms with van der Waals surface area (Å²) in [5, 5.41) is 0. The van der Waals surface area contributed by atoms with Crippen LogP contribution < -0.4 is 0 Å². The Hall–Kier alpha value is -0.640. The van der Waals surface area contributed by atoms with Crippen molar-refractivity contribution in [1.82, 2.24) is 0 Å². The van der Waals surface area contributed by atoms with Crippen molar-refractivity contribution in [3.05, 3.63) is 29.3 Å². The fourth-order valence-corrected chi connectivity index (χ4v) is 3.62. The van der Waals surface area contributed by atoms with Crippen molar-refractivity contribution in [2.24, 2.45) is 0 Å². The van der Waals surface area contributed by atoms with Crippen molar-refractivity contribution in [3.8, 4) is 0 Å². The van der Waals surface area contributed by atoms with Gasteiger partial charge in [-0.15, -0.1) is 0 Å². The molecule has 1 fully saturated rings. The van der Waals surface area contributed by atoms with Crippen molar-refractivity contribution in [2.45, 2.75) is 61.8 Å². The van der Waals surface area contributed by atoms with Crippen LogP contribution in [0.15, 0.2) is 23.1 Å². The number of alkyl halides is 3. The Kier molecular flexibility index (Phi) is 4.49. The van der Waals surface area contributed by atoms with Gasteiger partial charge in [-0.3, -0.25) is 0 Å². The van der Waals surface area contributed by atoms with E-state index in [1.165, 1.54) is 12.8 Å². The smallest absolute Gasteiger partial charge is 0.160 e. The van der Waals surface area contributed by atoms with Gasteiger partial charge in [0.2, 0.25) is 0 Å². The zero-order chi connectivity index (χ0) is 14.0. The summed E-state index contributed by atoms with van der Waals surface area (Å²) < 4.78 is 38.0. The maximum atomic E-state index is 12.7. The SMILES string of the molecule is CC(C)c1ccc(C2CCCC2)cc1SC(F)(F)F. The fourth-order valence-electron chi connectivity index (χ4n) is 2.75. The molecular formula is C15H19F3S. The number of benzene rings is 1. The third-order valence-electron chi connectivity index (χ3n) is 3.71. The average Bonchev–Trinajstić information content (AvgIpc) is 2.79. The van der Waals surface area contributed by atoms with Gasteiger partial charge < -0.3 is 0 Å². The lowest BCUT2D eigenvalue weighted by Crippen LogP contribution is -2.03. The molecule has 0 aliphatic heterocycles. The van der Waals surface area contributed by atoms with Crippen molar-refractivity contribution in [1.29, 1.82) is 0 Å². The minimum atomic E-state index is -4.21. The lowest BCUT2D eigenvalue weighted by atomic mass is 9.94. The van der Waals surface area contributed by atoms with Crippen molar-refractivity contribution < 1.29 is 13.2 Å². The number of hydrogen-bond donors (Lipinski definition) is 0. The van der Waals surface area contributed by atoms with E-state index in [0.29, 0.717) is 10.8 Å². The summed E-state index contributed by atoms with van der Waals surface area (Å²) in [6.45, 7) is 3.87. The van der Waals surface area contributed by atoms with E-state index in [-0.39, 0.29) is 17.7 Å². The van der Waals surface area contributed by atoms with Gasteiger partial charge in [0.05, 0.1) is 0 Å². The quantitative estimate of drug-likeness (QED) is 0.607. The second-order valence-electron chi connectivity index (χ2n) is 5.48. The van der Waals surface area contributed by atoms with Crippen LogP contribution in [0.25, 0.3) is 0 Å². The average molecular weight is 288 g/mol. The molecule has 0 unspecified atom stereocenters. The molecule has 1 saturated carbocycles. The van der Waals surface area contributed by atoms with E-state index in [1.54, 1.807) is 6.07 Å². The van der Waals surface area contributed by atoms with Gasteiger partial charge in [-0.05, 0) is 53.6 Å². The van der Waals surface area contributed by atoms with Gasteiger partial charge in [0.25, 0.3) is 0 Å². The van der Waals surface area contributed by atoms with E-state index in [4.69, 9.17) is 0 Å². The van der Waals surface area contributed by atoms with Crippen LogP contribution in [-0.4, -0.2) is 5.51 Å². The Labute approximate surface area is 116 Å². The van der Waals surface area contributed by atoms with Gasteiger partial charge in [-0.25, -0.2) is 0 Å². The predicted octanol–water partition coefficient (Wildman–Crippen LogP) is 6.08. The first-order chi connectivity index (χ1) is 8.87. The molecule has 0 bridgehead atoms. The second kappa shape index (κ2) is 5.78. The van der Waals surface area contributed by atoms with Gasteiger partial charge in [0.1, 0.15) is 0 Å². The standard InChI is InChI=1S/C15H19F3S/c1-10(2)13-8-7-12(11-5-3-4-6-11)9-14(13)19-15(16,17)18/h7-11H,3-6H2,1-2H3. The third kappa shape index (κ3) is 3.91. The number of thioether (sulfide) groups is 1. The van der Waals surface area contributed by atoms with Gasteiger partial charge in [-0.2, -0.15) is 13.2 Å². The first-order valence-corrected chi connectivity index (χ1v) is 7.58. The summed E-state index contributed by atoms with van der Waals surface area (Å²) in [4.78, 5) is 0.381. The molecular weight excluding hydrogens is 269 g/mol. The lowest BCUT2D eigenvalue weighted by molar-refractivity contribution is -0.0328. The highest BCUT2D eigenvalue weighted by atomic mass is 32.2. The Morgan fingerprint density at radius 2 is 1.79 bits per heavy atom. The molecule has 0 saturated heterocycles. The van der Waals surface area contributed by atoms with Crippen LogP contribution in [-0.2, 0) is 0 Å². The van der Waals surface area contributed by atoms with Gasteiger partial charge in [-0.1, -0.05) is 38.8 Å². The van der Waals surface area contributed by atoms with Crippen LogP contribution in [0.3, 0.4) is 0 Å². The Balaban J connectivity index is 2.32. The second-order valence-corrected chi connectivity index (χ2v) is 6.59. The summed E-state index contributed by atoms with van der Waals surface area (Å²) >= 11 is 0.0287. The number of rotatable bonds is 3. The molecule has 1 aromatic rings. The monoisotopic (exact) mass is 288 g/mol. The molecule has 0 radical (unpaired) electrons. The third-order valence-corrected chi connectivity index (χ3v) is 4.52. The van der Waals surface area contributed by atoms with Crippen LogP contribution in [0.1, 0.15) is 62.5 Å². The van der Waals surface area contributed by atoms with E-state index in [9.17, 15) is 13.2 Å². The zero-order valence-electron chi connectivity index (χ0n) is 11.3. The number of halogens is 3. The summed E-state index contributed by atoms with van der Waals surface area (Å²) in [5.41, 5.74) is -2.34. The molecule has 4 heteroatoms. The summed E-state index contributed by atoms with van der Waals surface area (Å²) in [7, 11) is 0. The van der Waals surface area contributed by atoms with Gasteiger partial charge in [0.15, 0.2) is 0 Å². The molecule has 0 spiro atoms. The largest absolute Gasteiger partial charge is 0.446 e. The highest BCUT2D eigenvalue weighted by Gasteiger charge is 2.31. The maximum absolute atomic E-state index is 12.7. The topological polar surface area (TPSA) is 0 Å². The van der Waals surface area contributed by atoms with Crippen LogP contribution in [0.5, 0.6) is 0 Å². The molecule has 2 rings (SSSR count). The Bertz CT molecular complexity index is 432. The van der Waals surface area contributed by atoms with Crippen molar-refractivity contribution >= 4 is 11.8 Å². The molecule has 1 aliphatic rings. The highest BCUT2D eigenvalue weighted by Crippen LogP contribution is 2.43. The van der Waals surface area contributed by atoms with Crippen molar-refractivity contribution in [2.75, 3.05) is 0 Å². The highest BCUT2D eigenvalue weighted by molar-refractivity contribution is 8.00. The molecule has 1 aliphatic carbocycles. The lowest BCUT2D eigenvalue weighted by Gasteiger charge is -2.17. The summed E-state index contributed by atoms with van der Waals surface area (Å²) in [6, 6.07) is 5.67. The molecule has 0 nitrogen and oxygen atoms in total. The predicted molar refractivity (Wildman–Crippen MR) is 73.7 cm³/mol. The molecule has 0 amide bonds. The van der Waals surface area contributed by atoms with Crippen LogP contribution in [0.4, 0.5) is 13.2 Å². The molecule has 106 valence electrons. The molecule has 0 atom stereocenters. The van der Waals surface area contributed by atoms with Crippen LogP contribution in [0.2, 0.25) is 0 Å². The van der Waals surface area contributed by atoms with Gasteiger partial charge in [0, 0.05) is 4.90 Å². The van der Waals surface area contributed by atoms with Crippen LogP contribution in [0, 0.1) is 0 Å². The molecule has 0 aromatic heterocycles.